The number of carbonyl (C=O) groups is 1. The first kappa shape index (κ1) is 15.9. The van der Waals surface area contributed by atoms with Crippen molar-refractivity contribution in [1.82, 2.24) is 6.15 Å². The first-order valence-corrected chi connectivity index (χ1v) is 6.35. The van der Waals surface area contributed by atoms with Crippen LogP contribution in [0.1, 0.15) is 38.2 Å². The molecule has 0 bridgehead atoms. The van der Waals surface area contributed by atoms with Crippen LogP contribution in [0.4, 0.5) is 0 Å². The maximum Gasteiger partial charge on any atom is 0.0718 e. The molecule has 0 saturated carbocycles. The molecule has 0 spiro atoms. The maximum atomic E-state index is 11.2. The van der Waals surface area contributed by atoms with Crippen LogP contribution in [0, 0.1) is 20.8 Å². The number of quaternary nitrogens is 1. The van der Waals surface area contributed by atoms with E-state index in [9.17, 15) is 9.90 Å². The van der Waals surface area contributed by atoms with Crippen molar-refractivity contribution in [2.24, 2.45) is 0 Å². The van der Waals surface area contributed by atoms with Gasteiger partial charge in [-0.1, -0.05) is 30.3 Å². The highest BCUT2D eigenvalue weighted by Gasteiger charge is 2.10. The lowest BCUT2D eigenvalue weighted by molar-refractivity contribution is -0.255. The Morgan fingerprint density at radius 3 is 2.15 bits per heavy atom. The highest BCUT2D eigenvalue weighted by atomic mass is 16.4. The molecule has 2 rings (SSSR count). The van der Waals surface area contributed by atoms with E-state index in [1.807, 2.05) is 51.1 Å². The molecule has 0 atom stereocenters. The molecule has 0 unspecified atom stereocenters. The van der Waals surface area contributed by atoms with Gasteiger partial charge in [0.2, 0.25) is 0 Å². The van der Waals surface area contributed by atoms with Crippen LogP contribution in [0.3, 0.4) is 0 Å². The molecule has 0 amide bonds. The van der Waals surface area contributed by atoms with Gasteiger partial charge in [-0.15, -0.1) is 0 Å². The van der Waals surface area contributed by atoms with E-state index in [4.69, 9.17) is 0 Å². The molecule has 0 heterocycles. The highest BCUT2D eigenvalue weighted by Crippen LogP contribution is 2.23. The second-order valence-electron chi connectivity index (χ2n) is 4.91. The fourth-order valence-electron chi connectivity index (χ4n) is 2.33. The molecule has 0 fully saturated rings. The van der Waals surface area contributed by atoms with Gasteiger partial charge in [0.25, 0.3) is 0 Å². The lowest BCUT2D eigenvalue weighted by Gasteiger charge is -2.17. The number of carboxylic acid groups (broad SMARTS) is 1. The summed E-state index contributed by atoms with van der Waals surface area (Å²) in [5, 5.41) is 11.2. The van der Waals surface area contributed by atoms with Crippen LogP contribution in [0.5, 0.6) is 0 Å². The van der Waals surface area contributed by atoms with Crippen LogP contribution in [-0.2, 0) is 6.42 Å². The van der Waals surface area contributed by atoms with Gasteiger partial charge < -0.3 is 16.1 Å². The summed E-state index contributed by atoms with van der Waals surface area (Å²) in [5.74, 6) is -1.10. The molecule has 0 aliphatic heterocycles. The van der Waals surface area contributed by atoms with Crippen molar-refractivity contribution in [3.8, 4) is 0 Å². The smallest absolute Gasteiger partial charge is 0.0718 e. The number of hydrogen-bond donors (Lipinski definition) is 1. The predicted octanol–water partition coefficient (Wildman–Crippen LogP) is 2.94. The van der Waals surface area contributed by atoms with Crippen molar-refractivity contribution in [3.63, 3.8) is 0 Å². The van der Waals surface area contributed by atoms with Crippen LogP contribution in [0.2, 0.25) is 0 Å². The van der Waals surface area contributed by atoms with E-state index in [1.54, 1.807) is 6.07 Å². The zero-order valence-corrected chi connectivity index (χ0v) is 12.5. The van der Waals surface area contributed by atoms with Gasteiger partial charge in [-0.3, -0.25) is 0 Å². The molecular formula is C17H21NO2. The van der Waals surface area contributed by atoms with E-state index in [-0.39, 0.29) is 6.15 Å². The number of carbonyl (C=O) groups excluding carboxylic acids is 1. The molecule has 0 aromatic heterocycles. The second-order valence-corrected chi connectivity index (χ2v) is 4.91. The third-order valence-electron chi connectivity index (χ3n) is 3.79. The minimum Gasteiger partial charge on any atom is -0.545 e. The van der Waals surface area contributed by atoms with Crippen molar-refractivity contribution in [2.75, 3.05) is 0 Å². The summed E-state index contributed by atoms with van der Waals surface area (Å²) in [7, 11) is 0. The summed E-state index contributed by atoms with van der Waals surface area (Å²) in [4.78, 5) is 11.2. The van der Waals surface area contributed by atoms with Gasteiger partial charge in [0.05, 0.1) is 5.97 Å². The van der Waals surface area contributed by atoms with Crippen molar-refractivity contribution in [2.45, 2.75) is 27.2 Å². The second kappa shape index (κ2) is 6.35. The Bertz CT molecular complexity index is 619. The summed E-state index contributed by atoms with van der Waals surface area (Å²) >= 11 is 0. The quantitative estimate of drug-likeness (QED) is 0.931. The third-order valence-corrected chi connectivity index (χ3v) is 3.79. The van der Waals surface area contributed by atoms with Gasteiger partial charge in [0, 0.05) is 5.56 Å². The Morgan fingerprint density at radius 1 is 1.00 bits per heavy atom. The maximum absolute atomic E-state index is 11.2. The fourth-order valence-corrected chi connectivity index (χ4v) is 2.33. The highest BCUT2D eigenvalue weighted by molar-refractivity contribution is 5.88. The van der Waals surface area contributed by atoms with Gasteiger partial charge >= 0.3 is 0 Å². The Balaban J connectivity index is 0.00000200. The summed E-state index contributed by atoms with van der Waals surface area (Å²) < 4.78 is 0. The molecule has 20 heavy (non-hydrogen) atoms. The molecule has 2 aromatic rings. The minimum absolute atomic E-state index is 0. The lowest BCUT2D eigenvalue weighted by atomic mass is 9.91. The molecule has 0 aliphatic carbocycles. The zero-order chi connectivity index (χ0) is 14.0. The Morgan fingerprint density at radius 2 is 1.60 bits per heavy atom. The van der Waals surface area contributed by atoms with Crippen LogP contribution in [0.15, 0.2) is 36.4 Å². The van der Waals surface area contributed by atoms with Crippen molar-refractivity contribution in [3.05, 3.63) is 69.8 Å². The van der Waals surface area contributed by atoms with Crippen molar-refractivity contribution >= 4 is 5.97 Å². The predicted molar refractivity (Wildman–Crippen MR) is 80.2 cm³/mol. The van der Waals surface area contributed by atoms with Crippen LogP contribution in [0.25, 0.3) is 0 Å². The summed E-state index contributed by atoms with van der Waals surface area (Å²) in [6, 6.07) is 11.8. The molecule has 0 aliphatic rings. The van der Waals surface area contributed by atoms with Gasteiger partial charge in [-0.25, -0.2) is 0 Å². The molecule has 106 valence electrons. The van der Waals surface area contributed by atoms with E-state index in [0.717, 1.165) is 28.7 Å². The largest absolute Gasteiger partial charge is 0.545 e. The minimum atomic E-state index is -1.10. The number of rotatable bonds is 3. The van der Waals surface area contributed by atoms with Crippen LogP contribution < -0.4 is 11.3 Å². The summed E-state index contributed by atoms with van der Waals surface area (Å²) in [6.07, 6.45) is 0.744. The van der Waals surface area contributed by atoms with Gasteiger partial charge in [-0.2, -0.15) is 0 Å². The average Bonchev–Trinajstić information content (AvgIpc) is 2.40. The van der Waals surface area contributed by atoms with Gasteiger partial charge in [0.1, 0.15) is 0 Å². The standard InChI is InChI=1S/C17H18O2.H3N/c1-11-12(2)15(9-14-7-5-4-6-8-14)10-16(13(11)3)17(18)19;/h4-8,10H,9H2,1-3H3,(H,18,19);1H3. The van der Waals surface area contributed by atoms with Crippen molar-refractivity contribution < 1.29 is 9.90 Å². The van der Waals surface area contributed by atoms with E-state index in [1.165, 1.54) is 5.56 Å². The first-order chi connectivity index (χ1) is 9.00. The van der Waals surface area contributed by atoms with E-state index >= 15 is 0 Å². The lowest BCUT2D eigenvalue weighted by Crippen LogP contribution is -2.24. The number of hydrogen-bond acceptors (Lipinski definition) is 2. The van der Waals surface area contributed by atoms with Gasteiger partial charge in [0.15, 0.2) is 0 Å². The van der Waals surface area contributed by atoms with E-state index in [2.05, 4.69) is 0 Å². The molecule has 4 N–H and O–H groups in total. The third kappa shape index (κ3) is 3.06. The number of aromatic carboxylic acids is 1. The Hall–Kier alpha value is -2.13. The summed E-state index contributed by atoms with van der Waals surface area (Å²) in [6.45, 7) is 5.84. The normalized spacial score (nSPS) is 9.95. The average molecular weight is 271 g/mol. The zero-order valence-electron chi connectivity index (χ0n) is 12.5. The molecule has 3 nitrogen and oxygen atoms in total. The fraction of sp³-hybridized carbons (Fsp3) is 0.235. The molecule has 3 heteroatoms. The topological polar surface area (TPSA) is 76.6 Å². The Labute approximate surface area is 119 Å². The summed E-state index contributed by atoms with van der Waals surface area (Å²) in [5.41, 5.74) is 5.52. The van der Waals surface area contributed by atoms with E-state index in [0.29, 0.717) is 5.56 Å². The number of benzene rings is 2. The van der Waals surface area contributed by atoms with E-state index < -0.39 is 5.97 Å². The Kier molecular flexibility index (Phi) is 5.06. The van der Waals surface area contributed by atoms with Crippen molar-refractivity contribution in [1.29, 1.82) is 0 Å². The van der Waals surface area contributed by atoms with Crippen LogP contribution in [-0.4, -0.2) is 5.97 Å². The first-order valence-electron chi connectivity index (χ1n) is 6.35. The SMILES string of the molecule is Cc1c(Cc2ccccc2)cc(C(=O)[O-])c(C)c1C.[NH4+]. The monoisotopic (exact) mass is 271 g/mol. The van der Waals surface area contributed by atoms with Crippen LogP contribution >= 0.6 is 0 Å². The number of carboxylic acids is 1. The van der Waals surface area contributed by atoms with Gasteiger partial charge in [-0.05, 0) is 61.1 Å². The molecule has 2 aromatic carbocycles. The molecule has 0 saturated heterocycles. The molecular weight excluding hydrogens is 250 g/mol. The molecule has 0 radical (unpaired) electrons.